The molecule has 2 nitrogen and oxygen atoms in total. The van der Waals surface area contributed by atoms with Gasteiger partial charge in [-0.15, -0.1) is 0 Å². The average Bonchev–Trinajstić information content (AvgIpc) is 3.09. The molecule has 0 atom stereocenters. The fourth-order valence-electron chi connectivity index (χ4n) is 7.42. The minimum atomic E-state index is 0.916. The van der Waals surface area contributed by atoms with E-state index in [0.29, 0.717) is 0 Å². The molecular weight excluding hydrogens is 536 g/mol. The van der Waals surface area contributed by atoms with Crippen LogP contribution in [0, 0.1) is 0 Å². The maximum Gasteiger partial charge on any atom is 0.135 e. The number of benzene rings is 7. The van der Waals surface area contributed by atoms with E-state index in [1.54, 1.807) is 0 Å². The molecule has 2 aliphatic heterocycles. The number of fused-ring (bicyclic) bond motifs is 6. The van der Waals surface area contributed by atoms with Crippen LogP contribution in [0.2, 0.25) is 0 Å². The van der Waals surface area contributed by atoms with Gasteiger partial charge in [0.1, 0.15) is 23.0 Å². The van der Waals surface area contributed by atoms with Crippen molar-refractivity contribution >= 4 is 32.7 Å². The molecule has 0 aromatic heterocycles. The Hall–Kier alpha value is -5.60. The summed E-state index contributed by atoms with van der Waals surface area (Å²) in [7, 11) is 0. The summed E-state index contributed by atoms with van der Waals surface area (Å²) < 4.78 is 13.3. The van der Waals surface area contributed by atoms with Gasteiger partial charge in [0.15, 0.2) is 0 Å². The number of hydrogen-bond donors (Lipinski definition) is 0. The minimum Gasteiger partial charge on any atom is -0.456 e. The van der Waals surface area contributed by atoms with E-state index in [1.807, 2.05) is 0 Å². The van der Waals surface area contributed by atoms with Crippen molar-refractivity contribution in [2.75, 3.05) is 0 Å². The second kappa shape index (κ2) is 8.95. The molecule has 0 saturated carbocycles. The van der Waals surface area contributed by atoms with Crippen LogP contribution in [0.3, 0.4) is 0 Å². The first kappa shape index (κ1) is 23.9. The summed E-state index contributed by atoms with van der Waals surface area (Å²) in [6.07, 6.45) is 1.94. The molecule has 206 valence electrons. The van der Waals surface area contributed by atoms with Gasteiger partial charge >= 0.3 is 0 Å². The minimum absolute atomic E-state index is 0.916. The zero-order valence-electron chi connectivity index (χ0n) is 23.9. The molecule has 44 heavy (non-hydrogen) atoms. The Kier molecular flexibility index (Phi) is 4.86. The Labute approximate surface area is 254 Å². The van der Waals surface area contributed by atoms with Crippen molar-refractivity contribution in [2.45, 2.75) is 12.8 Å². The summed E-state index contributed by atoms with van der Waals surface area (Å²) in [6.45, 7) is 0. The fourth-order valence-corrected chi connectivity index (χ4v) is 7.42. The van der Waals surface area contributed by atoms with Crippen LogP contribution in [0.15, 0.2) is 133 Å². The fraction of sp³-hybridized carbons (Fsp3) is 0.0476. The molecular formula is C42H26O2. The number of ether oxygens (including phenoxy) is 2. The first-order chi connectivity index (χ1) is 21.8. The SMILES string of the molecule is c1ccc2cc(-c3ccc4c(c3)Oc3ccc5c6c3=C4CCC=6c3ccc(-c4ccc6ccccc6c4)cc3O5)ccc2c1. The van der Waals surface area contributed by atoms with Crippen molar-refractivity contribution in [3.63, 3.8) is 0 Å². The lowest BCUT2D eigenvalue weighted by Gasteiger charge is -2.29. The second-order valence-corrected chi connectivity index (χ2v) is 12.0. The largest absolute Gasteiger partial charge is 0.456 e. The van der Waals surface area contributed by atoms with Crippen LogP contribution < -0.4 is 19.9 Å². The summed E-state index contributed by atoms with van der Waals surface area (Å²) in [5.41, 5.74) is 9.81. The molecule has 0 unspecified atom stereocenters. The van der Waals surface area contributed by atoms with E-state index in [4.69, 9.17) is 9.47 Å². The standard InChI is InChI=1S/C42H26O2/c1-3-7-27-21-29(11-9-25(27)5-1)31-13-15-33-35-17-18-36-34-16-14-32(30-12-10-26-6-2-4-8-28(26)22-30)24-40(34)44-38-20-19-37(41(35)42(36)38)43-39(33)23-31/h1-16,19-24H,17-18H2. The van der Waals surface area contributed by atoms with Gasteiger partial charge in [-0.2, -0.15) is 0 Å². The van der Waals surface area contributed by atoms with Crippen LogP contribution in [-0.2, 0) is 0 Å². The molecule has 0 spiro atoms. The third-order valence-corrected chi connectivity index (χ3v) is 9.58. The molecule has 0 saturated heterocycles. The Morgan fingerprint density at radius 2 is 0.750 bits per heavy atom. The van der Waals surface area contributed by atoms with Crippen molar-refractivity contribution < 1.29 is 9.47 Å². The van der Waals surface area contributed by atoms with Crippen LogP contribution in [-0.4, -0.2) is 0 Å². The predicted octanol–water partition coefficient (Wildman–Crippen LogP) is 9.73. The topological polar surface area (TPSA) is 18.5 Å². The second-order valence-electron chi connectivity index (χ2n) is 12.0. The van der Waals surface area contributed by atoms with E-state index >= 15 is 0 Å². The monoisotopic (exact) mass is 562 g/mol. The van der Waals surface area contributed by atoms with E-state index in [9.17, 15) is 0 Å². The third kappa shape index (κ3) is 3.49. The quantitative estimate of drug-likeness (QED) is 0.209. The predicted molar refractivity (Wildman–Crippen MR) is 179 cm³/mol. The van der Waals surface area contributed by atoms with Crippen LogP contribution in [0.25, 0.3) is 54.9 Å². The molecule has 7 aromatic carbocycles. The zero-order valence-corrected chi connectivity index (χ0v) is 23.9. The average molecular weight is 563 g/mol. The van der Waals surface area contributed by atoms with E-state index in [2.05, 4.69) is 133 Å². The lowest BCUT2D eigenvalue weighted by atomic mass is 9.83. The van der Waals surface area contributed by atoms with Crippen LogP contribution >= 0.6 is 0 Å². The molecule has 0 radical (unpaired) electrons. The molecule has 2 heteroatoms. The van der Waals surface area contributed by atoms with Crippen LogP contribution in [0.1, 0.15) is 24.0 Å². The van der Waals surface area contributed by atoms with Gasteiger partial charge in [0.2, 0.25) is 0 Å². The third-order valence-electron chi connectivity index (χ3n) is 9.58. The van der Waals surface area contributed by atoms with E-state index in [-0.39, 0.29) is 0 Å². The molecule has 1 aliphatic carbocycles. The normalized spacial score (nSPS) is 14.0. The summed E-state index contributed by atoms with van der Waals surface area (Å²) in [4.78, 5) is 0. The van der Waals surface area contributed by atoms with Gasteiger partial charge in [-0.05, 0) is 104 Å². The summed E-state index contributed by atoms with van der Waals surface area (Å²) in [5, 5.41) is 7.38. The van der Waals surface area contributed by atoms with Gasteiger partial charge in [0.05, 0.1) is 0 Å². The van der Waals surface area contributed by atoms with E-state index < -0.39 is 0 Å². The number of hydrogen-bond acceptors (Lipinski definition) is 2. The van der Waals surface area contributed by atoms with Gasteiger partial charge in [0, 0.05) is 21.6 Å². The van der Waals surface area contributed by atoms with E-state index in [0.717, 1.165) is 35.8 Å². The Balaban J connectivity index is 1.09. The molecule has 10 rings (SSSR count). The van der Waals surface area contributed by atoms with Crippen molar-refractivity contribution in [3.8, 4) is 45.3 Å². The highest BCUT2D eigenvalue weighted by Gasteiger charge is 2.29. The van der Waals surface area contributed by atoms with Crippen molar-refractivity contribution in [1.82, 2.24) is 0 Å². The van der Waals surface area contributed by atoms with Gasteiger partial charge in [-0.25, -0.2) is 0 Å². The lowest BCUT2D eigenvalue weighted by molar-refractivity contribution is 0.451. The van der Waals surface area contributed by atoms with Crippen molar-refractivity contribution in [3.05, 3.63) is 155 Å². The zero-order chi connectivity index (χ0) is 28.8. The molecule has 7 aromatic rings. The Morgan fingerprint density at radius 1 is 0.341 bits per heavy atom. The van der Waals surface area contributed by atoms with Crippen LogP contribution in [0.4, 0.5) is 0 Å². The van der Waals surface area contributed by atoms with Crippen molar-refractivity contribution in [2.24, 2.45) is 0 Å². The first-order valence-corrected chi connectivity index (χ1v) is 15.3. The highest BCUT2D eigenvalue weighted by Crippen LogP contribution is 2.44. The van der Waals surface area contributed by atoms with Gasteiger partial charge in [-0.1, -0.05) is 97.1 Å². The molecule has 2 heterocycles. The van der Waals surface area contributed by atoms with Gasteiger partial charge in [0.25, 0.3) is 0 Å². The molecule has 0 bridgehead atoms. The van der Waals surface area contributed by atoms with E-state index in [1.165, 1.54) is 76.5 Å². The molecule has 3 aliphatic rings. The maximum atomic E-state index is 6.66. The lowest BCUT2D eigenvalue weighted by Crippen LogP contribution is -2.38. The van der Waals surface area contributed by atoms with Crippen molar-refractivity contribution in [1.29, 1.82) is 0 Å². The number of rotatable bonds is 2. The highest BCUT2D eigenvalue weighted by atomic mass is 16.5. The highest BCUT2D eigenvalue weighted by molar-refractivity contribution is 5.91. The molecule has 0 amide bonds. The maximum absolute atomic E-state index is 6.66. The molecule has 0 N–H and O–H groups in total. The summed E-state index contributed by atoms with van der Waals surface area (Å²) in [5.74, 6) is 3.69. The Bertz CT molecular complexity index is 2330. The Morgan fingerprint density at radius 3 is 1.23 bits per heavy atom. The smallest absolute Gasteiger partial charge is 0.135 e. The van der Waals surface area contributed by atoms with Gasteiger partial charge in [-0.3, -0.25) is 0 Å². The first-order valence-electron chi connectivity index (χ1n) is 15.3. The summed E-state index contributed by atoms with van der Waals surface area (Å²) >= 11 is 0. The van der Waals surface area contributed by atoms with Crippen LogP contribution in [0.5, 0.6) is 23.0 Å². The van der Waals surface area contributed by atoms with Gasteiger partial charge < -0.3 is 9.47 Å². The summed E-state index contributed by atoms with van der Waals surface area (Å²) in [6, 6.07) is 47.9. The molecule has 0 fully saturated rings.